The predicted octanol–water partition coefficient (Wildman–Crippen LogP) is 1.29. The summed E-state index contributed by atoms with van der Waals surface area (Å²) in [7, 11) is 0. The first-order valence-electron chi connectivity index (χ1n) is 4.41. The van der Waals surface area contributed by atoms with E-state index in [9.17, 15) is 0 Å². The van der Waals surface area contributed by atoms with Crippen molar-refractivity contribution in [3.05, 3.63) is 29.4 Å². The van der Waals surface area contributed by atoms with Crippen molar-refractivity contribution in [1.82, 2.24) is 20.2 Å². The van der Waals surface area contributed by atoms with Gasteiger partial charge in [-0.05, 0) is 20.8 Å². The minimum Gasteiger partial charge on any atom is -0.361 e. The highest BCUT2D eigenvalue weighted by Gasteiger charge is 2.17. The average molecular weight is 191 g/mol. The van der Waals surface area contributed by atoms with Gasteiger partial charge in [-0.25, -0.2) is 4.68 Å². The number of rotatable bonds is 2. The number of hydrogen-bond acceptors (Lipinski definition) is 4. The van der Waals surface area contributed by atoms with E-state index < -0.39 is 0 Å². The van der Waals surface area contributed by atoms with Crippen molar-refractivity contribution >= 4 is 0 Å². The molecule has 0 fully saturated rings. The molecule has 2 heterocycles. The summed E-state index contributed by atoms with van der Waals surface area (Å²) in [6.45, 7) is 5.87. The van der Waals surface area contributed by atoms with Crippen molar-refractivity contribution in [2.75, 3.05) is 0 Å². The van der Waals surface area contributed by atoms with E-state index in [0.29, 0.717) is 0 Å². The molecule has 5 nitrogen and oxygen atoms in total. The van der Waals surface area contributed by atoms with Crippen LogP contribution in [-0.4, -0.2) is 20.2 Å². The Balaban J connectivity index is 2.36. The van der Waals surface area contributed by atoms with E-state index in [4.69, 9.17) is 4.52 Å². The van der Waals surface area contributed by atoms with E-state index in [1.54, 1.807) is 10.9 Å². The van der Waals surface area contributed by atoms with Crippen LogP contribution < -0.4 is 0 Å². The number of nitrogens with zero attached hydrogens (tertiary/aromatic N) is 4. The van der Waals surface area contributed by atoms with E-state index in [2.05, 4.69) is 21.7 Å². The Bertz CT molecular complexity index is 418. The fourth-order valence-electron chi connectivity index (χ4n) is 1.33. The second kappa shape index (κ2) is 3.25. The van der Waals surface area contributed by atoms with Crippen LogP contribution >= 0.6 is 0 Å². The van der Waals surface area contributed by atoms with Crippen molar-refractivity contribution in [3.8, 4) is 0 Å². The highest BCUT2D eigenvalue weighted by atomic mass is 16.5. The Morgan fingerprint density at radius 1 is 1.50 bits per heavy atom. The van der Waals surface area contributed by atoms with Gasteiger partial charge < -0.3 is 4.52 Å². The van der Waals surface area contributed by atoms with Crippen LogP contribution in [0.1, 0.15) is 30.0 Å². The van der Waals surface area contributed by atoms with Gasteiger partial charge in [0.25, 0.3) is 0 Å². The molecule has 2 aromatic rings. The molecule has 1 radical (unpaired) electrons. The fraction of sp³-hybridized carbons (Fsp3) is 0.444. The minimum atomic E-state index is 0.0335. The first-order chi connectivity index (χ1) is 6.70. The van der Waals surface area contributed by atoms with Crippen LogP contribution in [0.25, 0.3) is 0 Å². The van der Waals surface area contributed by atoms with Crippen LogP contribution in [0.15, 0.2) is 10.7 Å². The van der Waals surface area contributed by atoms with Crippen LogP contribution in [0.2, 0.25) is 0 Å². The van der Waals surface area contributed by atoms with E-state index >= 15 is 0 Å². The van der Waals surface area contributed by atoms with Crippen LogP contribution in [0.5, 0.6) is 0 Å². The summed E-state index contributed by atoms with van der Waals surface area (Å²) >= 11 is 0. The largest absolute Gasteiger partial charge is 0.361 e. The molecule has 0 saturated heterocycles. The third-order valence-electron chi connectivity index (χ3n) is 2.38. The van der Waals surface area contributed by atoms with Gasteiger partial charge in [0, 0.05) is 5.56 Å². The SMILES string of the molecule is Cc1onc(C(C)n2c[c]nn2)c1C. The van der Waals surface area contributed by atoms with Gasteiger partial charge in [-0.1, -0.05) is 10.4 Å². The Hall–Kier alpha value is -1.65. The van der Waals surface area contributed by atoms with Crippen LogP contribution in [-0.2, 0) is 0 Å². The molecular formula is C9H11N4O. The zero-order valence-electron chi connectivity index (χ0n) is 8.35. The molecule has 0 N–H and O–H groups in total. The van der Waals surface area contributed by atoms with Crippen molar-refractivity contribution in [3.63, 3.8) is 0 Å². The maximum atomic E-state index is 5.09. The molecule has 0 amide bonds. The van der Waals surface area contributed by atoms with Gasteiger partial charge in [0.1, 0.15) is 17.7 Å². The maximum Gasteiger partial charge on any atom is 0.136 e. The van der Waals surface area contributed by atoms with Gasteiger partial charge in [0.05, 0.1) is 12.2 Å². The molecule has 1 atom stereocenters. The average Bonchev–Trinajstić information content (AvgIpc) is 2.77. The van der Waals surface area contributed by atoms with E-state index in [0.717, 1.165) is 17.0 Å². The Morgan fingerprint density at radius 3 is 2.79 bits per heavy atom. The lowest BCUT2D eigenvalue weighted by atomic mass is 10.1. The van der Waals surface area contributed by atoms with E-state index in [-0.39, 0.29) is 6.04 Å². The number of hydrogen-bond donors (Lipinski definition) is 0. The van der Waals surface area contributed by atoms with Crippen molar-refractivity contribution < 1.29 is 4.52 Å². The van der Waals surface area contributed by atoms with Crippen molar-refractivity contribution in [1.29, 1.82) is 0 Å². The predicted molar refractivity (Wildman–Crippen MR) is 48.6 cm³/mol. The smallest absolute Gasteiger partial charge is 0.136 e. The lowest BCUT2D eigenvalue weighted by molar-refractivity contribution is 0.378. The molecule has 0 saturated carbocycles. The molecule has 14 heavy (non-hydrogen) atoms. The highest BCUT2D eigenvalue weighted by Crippen LogP contribution is 2.21. The summed E-state index contributed by atoms with van der Waals surface area (Å²) in [6.07, 6.45) is 4.34. The standard InChI is InChI=1S/C9H11N4O/c1-6-8(3)14-11-9(6)7(2)13-5-4-10-12-13/h5,7H,1-3H3. The lowest BCUT2D eigenvalue weighted by Gasteiger charge is -2.07. The second-order valence-electron chi connectivity index (χ2n) is 3.25. The summed E-state index contributed by atoms with van der Waals surface area (Å²) in [6, 6.07) is 0.0335. The summed E-state index contributed by atoms with van der Waals surface area (Å²) < 4.78 is 6.79. The quantitative estimate of drug-likeness (QED) is 0.717. The minimum absolute atomic E-state index is 0.0335. The summed E-state index contributed by atoms with van der Waals surface area (Å²) in [5.74, 6) is 0.843. The van der Waals surface area contributed by atoms with E-state index in [1.807, 2.05) is 20.8 Å². The van der Waals surface area contributed by atoms with Gasteiger partial charge in [-0.3, -0.25) is 0 Å². The molecule has 73 valence electrons. The first-order valence-corrected chi connectivity index (χ1v) is 4.41. The zero-order valence-corrected chi connectivity index (χ0v) is 8.35. The molecule has 0 aromatic carbocycles. The molecule has 1 unspecified atom stereocenters. The highest BCUT2D eigenvalue weighted by molar-refractivity contribution is 5.22. The van der Waals surface area contributed by atoms with E-state index in [1.165, 1.54) is 0 Å². The molecule has 0 aliphatic rings. The lowest BCUT2D eigenvalue weighted by Crippen LogP contribution is -2.09. The third-order valence-corrected chi connectivity index (χ3v) is 2.38. The molecule has 5 heteroatoms. The molecule has 2 aromatic heterocycles. The summed E-state index contributed by atoms with van der Waals surface area (Å²) in [5, 5.41) is 11.5. The molecule has 0 spiro atoms. The summed E-state index contributed by atoms with van der Waals surface area (Å²) in [4.78, 5) is 0. The topological polar surface area (TPSA) is 56.7 Å². The number of aromatic nitrogens is 4. The van der Waals surface area contributed by atoms with Crippen LogP contribution in [0.3, 0.4) is 0 Å². The fourth-order valence-corrected chi connectivity index (χ4v) is 1.33. The third kappa shape index (κ3) is 1.30. The first kappa shape index (κ1) is 8.93. The molecule has 0 aliphatic carbocycles. The monoisotopic (exact) mass is 191 g/mol. The van der Waals surface area contributed by atoms with Gasteiger partial charge in [0.15, 0.2) is 0 Å². The zero-order chi connectivity index (χ0) is 10.1. The van der Waals surface area contributed by atoms with Gasteiger partial charge in [0.2, 0.25) is 0 Å². The van der Waals surface area contributed by atoms with Gasteiger partial charge in [-0.2, -0.15) is 0 Å². The molecule has 0 aliphatic heterocycles. The van der Waals surface area contributed by atoms with Crippen LogP contribution in [0.4, 0.5) is 0 Å². The Morgan fingerprint density at radius 2 is 2.29 bits per heavy atom. The van der Waals surface area contributed by atoms with Gasteiger partial charge >= 0.3 is 0 Å². The molecular weight excluding hydrogens is 180 g/mol. The normalized spacial score (nSPS) is 13.1. The second-order valence-corrected chi connectivity index (χ2v) is 3.25. The molecule has 2 rings (SSSR count). The van der Waals surface area contributed by atoms with Crippen LogP contribution in [0, 0.1) is 20.0 Å². The number of aryl methyl sites for hydroxylation is 1. The molecule has 0 bridgehead atoms. The van der Waals surface area contributed by atoms with Gasteiger partial charge in [-0.15, -0.1) is 5.10 Å². The summed E-state index contributed by atoms with van der Waals surface area (Å²) in [5.41, 5.74) is 1.95. The van der Waals surface area contributed by atoms with Crippen molar-refractivity contribution in [2.24, 2.45) is 0 Å². The van der Waals surface area contributed by atoms with Crippen molar-refractivity contribution in [2.45, 2.75) is 26.8 Å². The maximum absolute atomic E-state index is 5.09. The Kier molecular flexibility index (Phi) is 2.07. The Labute approximate surface area is 81.7 Å².